The molecule has 0 spiro atoms. The van der Waals surface area contributed by atoms with Crippen LogP contribution in [0.3, 0.4) is 0 Å². The average molecular weight is 278 g/mol. The number of tetrazole rings is 1. The number of amides is 1. The highest BCUT2D eigenvalue weighted by Gasteiger charge is 2.10. The summed E-state index contributed by atoms with van der Waals surface area (Å²) < 4.78 is 0. The number of carbonyl (C=O) groups is 1. The van der Waals surface area contributed by atoms with Gasteiger partial charge in [0.2, 0.25) is 11.7 Å². The Morgan fingerprint density at radius 2 is 2.26 bits per heavy atom. The van der Waals surface area contributed by atoms with Crippen molar-refractivity contribution in [3.8, 4) is 11.4 Å². The van der Waals surface area contributed by atoms with Crippen molar-refractivity contribution in [2.75, 3.05) is 6.54 Å². The average Bonchev–Trinajstić information content (AvgIpc) is 2.85. The van der Waals surface area contributed by atoms with Crippen LogP contribution in [0.15, 0.2) is 36.9 Å². The Labute approximate surface area is 115 Å². The molecule has 0 unspecified atom stereocenters. The summed E-state index contributed by atoms with van der Waals surface area (Å²) in [7, 11) is 0. The molecular weight excluding hydrogens is 266 g/mol. The highest BCUT2D eigenvalue weighted by molar-refractivity contribution is 6.33. The number of nitrogens with zero attached hydrogens (tertiary/aromatic N) is 4. The quantitative estimate of drug-likeness (QED) is 0.836. The third-order valence-electron chi connectivity index (χ3n) is 2.30. The molecule has 1 aromatic carbocycles. The number of carbonyl (C=O) groups excluding carboxylic acids is 1. The van der Waals surface area contributed by atoms with E-state index in [1.807, 2.05) is 12.1 Å². The number of aromatic nitrogens is 4. The summed E-state index contributed by atoms with van der Waals surface area (Å²) in [5.41, 5.74) is 0.682. The number of benzene rings is 1. The molecule has 0 aliphatic rings. The van der Waals surface area contributed by atoms with E-state index in [1.165, 1.54) is 4.80 Å². The van der Waals surface area contributed by atoms with Gasteiger partial charge in [0.1, 0.15) is 6.54 Å². The molecule has 19 heavy (non-hydrogen) atoms. The predicted molar refractivity (Wildman–Crippen MR) is 71.5 cm³/mol. The highest BCUT2D eigenvalue weighted by Crippen LogP contribution is 2.23. The lowest BCUT2D eigenvalue weighted by Gasteiger charge is -2.00. The normalized spacial score (nSPS) is 10.2. The van der Waals surface area contributed by atoms with Crippen molar-refractivity contribution in [3.05, 3.63) is 41.9 Å². The number of nitrogens with one attached hydrogen (secondary N) is 1. The van der Waals surface area contributed by atoms with Gasteiger partial charge in [-0.25, -0.2) is 0 Å². The monoisotopic (exact) mass is 277 g/mol. The second-order valence-corrected chi connectivity index (χ2v) is 4.12. The molecule has 1 aromatic heterocycles. The Morgan fingerprint density at radius 3 is 3.00 bits per heavy atom. The summed E-state index contributed by atoms with van der Waals surface area (Å²) in [5.74, 6) is 0.185. The summed E-state index contributed by atoms with van der Waals surface area (Å²) in [5, 5.41) is 15.0. The lowest BCUT2D eigenvalue weighted by atomic mass is 10.2. The van der Waals surface area contributed by atoms with Crippen molar-refractivity contribution >= 4 is 17.5 Å². The van der Waals surface area contributed by atoms with Crippen molar-refractivity contribution in [2.24, 2.45) is 0 Å². The van der Waals surface area contributed by atoms with Gasteiger partial charge in [0.15, 0.2) is 0 Å². The molecule has 0 bridgehead atoms. The molecule has 0 aliphatic heterocycles. The van der Waals surface area contributed by atoms with Crippen LogP contribution < -0.4 is 5.32 Å². The molecule has 0 saturated heterocycles. The number of hydrogen-bond acceptors (Lipinski definition) is 4. The molecule has 2 rings (SSSR count). The van der Waals surface area contributed by atoms with E-state index in [1.54, 1.807) is 18.2 Å². The van der Waals surface area contributed by atoms with Gasteiger partial charge in [0, 0.05) is 12.1 Å². The smallest absolute Gasteiger partial charge is 0.243 e. The van der Waals surface area contributed by atoms with Crippen LogP contribution in [0.2, 0.25) is 5.02 Å². The molecule has 98 valence electrons. The number of rotatable bonds is 5. The molecule has 0 saturated carbocycles. The molecule has 1 amide bonds. The minimum atomic E-state index is -0.206. The van der Waals surface area contributed by atoms with Crippen LogP contribution in [0, 0.1) is 0 Å². The third-order valence-corrected chi connectivity index (χ3v) is 2.63. The Kier molecular flexibility index (Phi) is 4.25. The zero-order valence-electron chi connectivity index (χ0n) is 10.1. The fraction of sp³-hybridized carbons (Fsp3) is 0.167. The Balaban J connectivity index is 2.09. The van der Waals surface area contributed by atoms with Gasteiger partial charge in [-0.15, -0.1) is 16.8 Å². The SMILES string of the molecule is C=CCNC(=O)Cn1nnc(-c2ccccc2Cl)n1. The predicted octanol–water partition coefficient (Wildman–Crippen LogP) is 1.30. The number of halogens is 1. The van der Waals surface area contributed by atoms with E-state index in [2.05, 4.69) is 27.3 Å². The fourth-order valence-electron chi connectivity index (χ4n) is 1.43. The molecular formula is C12H12ClN5O. The Morgan fingerprint density at radius 1 is 1.47 bits per heavy atom. The maximum absolute atomic E-state index is 11.5. The van der Waals surface area contributed by atoms with Gasteiger partial charge in [-0.3, -0.25) is 4.79 Å². The van der Waals surface area contributed by atoms with E-state index in [9.17, 15) is 4.79 Å². The zero-order valence-corrected chi connectivity index (χ0v) is 10.8. The van der Waals surface area contributed by atoms with Gasteiger partial charge in [-0.1, -0.05) is 29.8 Å². The van der Waals surface area contributed by atoms with Crippen molar-refractivity contribution in [1.29, 1.82) is 0 Å². The van der Waals surface area contributed by atoms with Crippen LogP contribution >= 0.6 is 11.6 Å². The van der Waals surface area contributed by atoms with Crippen LogP contribution in [-0.2, 0) is 11.3 Å². The van der Waals surface area contributed by atoms with Crippen LogP contribution in [0.1, 0.15) is 0 Å². The largest absolute Gasteiger partial charge is 0.351 e. The summed E-state index contributed by atoms with van der Waals surface area (Å²) >= 11 is 6.03. The topological polar surface area (TPSA) is 72.7 Å². The zero-order chi connectivity index (χ0) is 13.7. The van der Waals surface area contributed by atoms with Crippen molar-refractivity contribution < 1.29 is 4.79 Å². The maximum Gasteiger partial charge on any atom is 0.243 e. The molecule has 7 heteroatoms. The van der Waals surface area contributed by atoms with Crippen LogP contribution in [0.5, 0.6) is 0 Å². The van der Waals surface area contributed by atoms with Crippen molar-refractivity contribution in [3.63, 3.8) is 0 Å². The first-order valence-corrected chi connectivity index (χ1v) is 5.99. The van der Waals surface area contributed by atoms with Crippen LogP contribution in [-0.4, -0.2) is 32.7 Å². The van der Waals surface area contributed by atoms with Crippen molar-refractivity contribution in [1.82, 2.24) is 25.5 Å². The van der Waals surface area contributed by atoms with Gasteiger partial charge >= 0.3 is 0 Å². The molecule has 0 atom stereocenters. The summed E-state index contributed by atoms with van der Waals surface area (Å²) in [6.45, 7) is 3.93. The van der Waals surface area contributed by atoms with Gasteiger partial charge in [-0.2, -0.15) is 4.80 Å². The van der Waals surface area contributed by atoms with E-state index in [0.717, 1.165) is 0 Å². The first-order valence-electron chi connectivity index (χ1n) is 5.61. The van der Waals surface area contributed by atoms with E-state index in [-0.39, 0.29) is 12.5 Å². The minimum absolute atomic E-state index is 0.00525. The fourth-order valence-corrected chi connectivity index (χ4v) is 1.65. The second-order valence-electron chi connectivity index (χ2n) is 3.72. The first-order chi connectivity index (χ1) is 9.20. The van der Waals surface area contributed by atoms with Crippen molar-refractivity contribution in [2.45, 2.75) is 6.54 Å². The Bertz CT molecular complexity index is 595. The molecule has 1 heterocycles. The van der Waals surface area contributed by atoms with Gasteiger partial charge in [0.25, 0.3) is 0 Å². The van der Waals surface area contributed by atoms with Crippen LogP contribution in [0.25, 0.3) is 11.4 Å². The summed E-state index contributed by atoms with van der Waals surface area (Å²) in [6.07, 6.45) is 1.60. The Hall–Kier alpha value is -2.21. The van der Waals surface area contributed by atoms with Crippen LogP contribution in [0.4, 0.5) is 0 Å². The van der Waals surface area contributed by atoms with E-state index in [0.29, 0.717) is 23.0 Å². The minimum Gasteiger partial charge on any atom is -0.351 e. The molecule has 0 aliphatic carbocycles. The summed E-state index contributed by atoms with van der Waals surface area (Å²) in [6, 6.07) is 7.19. The molecule has 0 fully saturated rings. The lowest BCUT2D eigenvalue weighted by molar-refractivity contribution is -0.121. The molecule has 1 N–H and O–H groups in total. The van der Waals surface area contributed by atoms with E-state index >= 15 is 0 Å². The second kappa shape index (κ2) is 6.10. The molecule has 6 nitrogen and oxygen atoms in total. The van der Waals surface area contributed by atoms with E-state index in [4.69, 9.17) is 11.6 Å². The van der Waals surface area contributed by atoms with E-state index < -0.39 is 0 Å². The molecule has 0 radical (unpaired) electrons. The van der Waals surface area contributed by atoms with Gasteiger partial charge in [-0.05, 0) is 17.3 Å². The number of hydrogen-bond donors (Lipinski definition) is 1. The lowest BCUT2D eigenvalue weighted by Crippen LogP contribution is -2.28. The first kappa shape index (κ1) is 13.2. The van der Waals surface area contributed by atoms with Gasteiger partial charge < -0.3 is 5.32 Å². The standard InChI is InChI=1S/C12H12ClN5O/c1-2-7-14-11(19)8-18-16-12(15-17-18)9-5-3-4-6-10(9)13/h2-6H,1,7-8H2,(H,14,19). The highest BCUT2D eigenvalue weighted by atomic mass is 35.5. The summed E-state index contributed by atoms with van der Waals surface area (Å²) in [4.78, 5) is 12.7. The van der Waals surface area contributed by atoms with Gasteiger partial charge in [0.05, 0.1) is 5.02 Å². The molecule has 2 aromatic rings. The third kappa shape index (κ3) is 3.38. The maximum atomic E-state index is 11.5.